The first-order chi connectivity index (χ1) is 7.61. The lowest BCUT2D eigenvalue weighted by molar-refractivity contribution is -0.122. The lowest BCUT2D eigenvalue weighted by Crippen LogP contribution is -2.38. The Bertz CT molecular complexity index is 212. The van der Waals surface area contributed by atoms with E-state index < -0.39 is 0 Å². The first-order valence-corrected chi connectivity index (χ1v) is 6.12. The van der Waals surface area contributed by atoms with Gasteiger partial charge in [-0.1, -0.05) is 0 Å². The van der Waals surface area contributed by atoms with Crippen LogP contribution in [0.1, 0.15) is 45.4 Å². The van der Waals surface area contributed by atoms with Gasteiger partial charge in [0.15, 0.2) is 0 Å². The summed E-state index contributed by atoms with van der Waals surface area (Å²) in [5.74, 6) is 0.102. The SMILES string of the molecule is COC(C)CCC(=O)NC1CCC(O)CC1. The largest absolute Gasteiger partial charge is 0.393 e. The highest BCUT2D eigenvalue weighted by Gasteiger charge is 2.20. The maximum Gasteiger partial charge on any atom is 0.220 e. The van der Waals surface area contributed by atoms with E-state index in [2.05, 4.69) is 5.32 Å². The Hall–Kier alpha value is -0.610. The second-order valence-electron chi connectivity index (χ2n) is 4.66. The highest BCUT2D eigenvalue weighted by atomic mass is 16.5. The summed E-state index contributed by atoms with van der Waals surface area (Å²) in [6, 6.07) is 0.258. The molecule has 0 spiro atoms. The summed E-state index contributed by atoms with van der Waals surface area (Å²) in [6.45, 7) is 1.96. The van der Waals surface area contributed by atoms with Crippen LogP contribution < -0.4 is 5.32 Å². The van der Waals surface area contributed by atoms with Gasteiger partial charge in [0.25, 0.3) is 0 Å². The summed E-state index contributed by atoms with van der Waals surface area (Å²) in [6.07, 6.45) is 4.66. The quantitative estimate of drug-likeness (QED) is 0.745. The number of ether oxygens (including phenoxy) is 1. The summed E-state index contributed by atoms with van der Waals surface area (Å²) in [4.78, 5) is 11.6. The molecular formula is C12H23NO3. The van der Waals surface area contributed by atoms with Crippen molar-refractivity contribution in [3.63, 3.8) is 0 Å². The predicted molar refractivity (Wildman–Crippen MR) is 62.1 cm³/mol. The monoisotopic (exact) mass is 229 g/mol. The molecule has 0 aliphatic heterocycles. The maximum atomic E-state index is 11.6. The van der Waals surface area contributed by atoms with Crippen LogP contribution in [0.3, 0.4) is 0 Å². The lowest BCUT2D eigenvalue weighted by Gasteiger charge is -2.26. The minimum Gasteiger partial charge on any atom is -0.393 e. The van der Waals surface area contributed by atoms with E-state index in [1.165, 1.54) is 0 Å². The van der Waals surface area contributed by atoms with Crippen molar-refractivity contribution < 1.29 is 14.6 Å². The van der Waals surface area contributed by atoms with E-state index in [0.29, 0.717) is 6.42 Å². The Balaban J connectivity index is 2.14. The minimum atomic E-state index is -0.165. The van der Waals surface area contributed by atoms with Gasteiger partial charge in [0.05, 0.1) is 12.2 Å². The van der Waals surface area contributed by atoms with Crippen molar-refractivity contribution >= 4 is 5.91 Å². The van der Waals surface area contributed by atoms with Gasteiger partial charge in [-0.05, 0) is 39.0 Å². The van der Waals surface area contributed by atoms with Crippen molar-refractivity contribution in [1.29, 1.82) is 0 Å². The fourth-order valence-electron chi connectivity index (χ4n) is 1.97. The van der Waals surface area contributed by atoms with Gasteiger partial charge in [0.1, 0.15) is 0 Å². The first kappa shape index (κ1) is 13.5. The van der Waals surface area contributed by atoms with Crippen molar-refractivity contribution in [3.05, 3.63) is 0 Å². The molecule has 0 aromatic rings. The van der Waals surface area contributed by atoms with E-state index in [1.807, 2.05) is 6.92 Å². The highest BCUT2D eigenvalue weighted by molar-refractivity contribution is 5.76. The molecule has 1 aliphatic carbocycles. The van der Waals surface area contributed by atoms with Crippen LogP contribution in [0, 0.1) is 0 Å². The Morgan fingerprint density at radius 1 is 1.44 bits per heavy atom. The molecule has 16 heavy (non-hydrogen) atoms. The molecule has 1 atom stereocenters. The van der Waals surface area contributed by atoms with E-state index in [1.54, 1.807) is 7.11 Å². The van der Waals surface area contributed by atoms with E-state index in [4.69, 9.17) is 4.74 Å². The average molecular weight is 229 g/mol. The van der Waals surface area contributed by atoms with Gasteiger partial charge in [-0.15, -0.1) is 0 Å². The van der Waals surface area contributed by atoms with Gasteiger partial charge >= 0.3 is 0 Å². The number of aliphatic hydroxyl groups is 1. The van der Waals surface area contributed by atoms with E-state index >= 15 is 0 Å². The topological polar surface area (TPSA) is 58.6 Å². The molecule has 2 N–H and O–H groups in total. The number of nitrogens with one attached hydrogen (secondary N) is 1. The number of carbonyl (C=O) groups excluding carboxylic acids is 1. The van der Waals surface area contributed by atoms with E-state index in [-0.39, 0.29) is 24.2 Å². The molecule has 1 amide bonds. The highest BCUT2D eigenvalue weighted by Crippen LogP contribution is 2.18. The molecule has 0 aromatic carbocycles. The summed E-state index contributed by atoms with van der Waals surface area (Å²) in [5.41, 5.74) is 0. The van der Waals surface area contributed by atoms with Crippen LogP contribution in [0.25, 0.3) is 0 Å². The number of hydrogen-bond acceptors (Lipinski definition) is 3. The predicted octanol–water partition coefficient (Wildman–Crippen LogP) is 1.22. The molecule has 1 unspecified atom stereocenters. The smallest absolute Gasteiger partial charge is 0.220 e. The zero-order valence-electron chi connectivity index (χ0n) is 10.2. The van der Waals surface area contributed by atoms with Crippen molar-refractivity contribution in [2.24, 2.45) is 0 Å². The molecule has 0 radical (unpaired) electrons. The van der Waals surface area contributed by atoms with Crippen LogP contribution in [0.15, 0.2) is 0 Å². The number of amides is 1. The lowest BCUT2D eigenvalue weighted by atomic mass is 9.93. The van der Waals surface area contributed by atoms with Gasteiger partial charge in [-0.2, -0.15) is 0 Å². The first-order valence-electron chi connectivity index (χ1n) is 6.12. The molecule has 0 heterocycles. The standard InChI is InChI=1S/C12H23NO3/c1-9(16-2)3-8-12(15)13-10-4-6-11(14)7-5-10/h9-11,14H,3-8H2,1-2H3,(H,13,15). The molecule has 0 bridgehead atoms. The van der Waals surface area contributed by atoms with Crippen LogP contribution in [0.4, 0.5) is 0 Å². The second-order valence-corrected chi connectivity index (χ2v) is 4.66. The molecule has 94 valence electrons. The van der Waals surface area contributed by atoms with Crippen molar-refractivity contribution in [2.75, 3.05) is 7.11 Å². The normalized spacial score (nSPS) is 27.4. The van der Waals surface area contributed by atoms with Crippen molar-refractivity contribution in [3.8, 4) is 0 Å². The fourth-order valence-corrected chi connectivity index (χ4v) is 1.97. The molecule has 1 rings (SSSR count). The number of aliphatic hydroxyl groups excluding tert-OH is 1. The van der Waals surface area contributed by atoms with Gasteiger partial charge in [-0.3, -0.25) is 4.79 Å². The summed E-state index contributed by atoms with van der Waals surface area (Å²) in [7, 11) is 1.66. The number of hydrogen-bond donors (Lipinski definition) is 2. The van der Waals surface area contributed by atoms with E-state index in [9.17, 15) is 9.90 Å². The Morgan fingerprint density at radius 2 is 2.06 bits per heavy atom. The second kappa shape index (κ2) is 6.86. The number of methoxy groups -OCH3 is 1. The Morgan fingerprint density at radius 3 is 2.62 bits per heavy atom. The fraction of sp³-hybridized carbons (Fsp3) is 0.917. The third kappa shape index (κ3) is 4.94. The molecule has 1 saturated carbocycles. The Labute approximate surface area is 97.4 Å². The Kier molecular flexibility index (Phi) is 5.77. The van der Waals surface area contributed by atoms with Crippen LogP contribution in [-0.4, -0.2) is 36.4 Å². The zero-order chi connectivity index (χ0) is 12.0. The van der Waals surface area contributed by atoms with Gasteiger partial charge in [0.2, 0.25) is 5.91 Å². The molecule has 4 nitrogen and oxygen atoms in total. The molecule has 1 fully saturated rings. The van der Waals surface area contributed by atoms with Crippen molar-refractivity contribution in [1.82, 2.24) is 5.32 Å². The number of rotatable bonds is 5. The zero-order valence-corrected chi connectivity index (χ0v) is 10.2. The van der Waals surface area contributed by atoms with Gasteiger partial charge in [0, 0.05) is 19.6 Å². The van der Waals surface area contributed by atoms with Crippen LogP contribution in [0.2, 0.25) is 0 Å². The molecule has 0 aromatic heterocycles. The van der Waals surface area contributed by atoms with Gasteiger partial charge < -0.3 is 15.2 Å². The van der Waals surface area contributed by atoms with E-state index in [0.717, 1.165) is 32.1 Å². The number of carbonyl (C=O) groups is 1. The summed E-state index contributed by atoms with van der Waals surface area (Å²) < 4.78 is 5.09. The third-order valence-corrected chi connectivity index (χ3v) is 3.24. The van der Waals surface area contributed by atoms with Crippen LogP contribution in [0.5, 0.6) is 0 Å². The van der Waals surface area contributed by atoms with Gasteiger partial charge in [-0.25, -0.2) is 0 Å². The minimum absolute atomic E-state index is 0.102. The van der Waals surface area contributed by atoms with Crippen LogP contribution in [-0.2, 0) is 9.53 Å². The molecule has 4 heteroatoms. The maximum absolute atomic E-state index is 11.6. The summed E-state index contributed by atoms with van der Waals surface area (Å²) >= 11 is 0. The molecular weight excluding hydrogens is 206 g/mol. The average Bonchev–Trinajstić information content (AvgIpc) is 2.29. The van der Waals surface area contributed by atoms with Crippen LogP contribution >= 0.6 is 0 Å². The summed E-state index contributed by atoms with van der Waals surface area (Å²) in [5, 5.41) is 12.4. The van der Waals surface area contributed by atoms with Crippen molar-refractivity contribution in [2.45, 2.75) is 63.7 Å². The third-order valence-electron chi connectivity index (χ3n) is 3.24. The molecule has 1 aliphatic rings. The molecule has 0 saturated heterocycles.